The average molecular weight is 312 g/mol. The molecule has 2 rings (SSSR count). The number of carbonyl (C=O) groups excluding carboxylic acids is 1. The minimum absolute atomic E-state index is 0.0536. The van der Waals surface area contributed by atoms with Crippen molar-refractivity contribution in [3.05, 3.63) is 40.8 Å². The van der Waals surface area contributed by atoms with E-state index in [0.717, 1.165) is 0 Å². The fourth-order valence-electron chi connectivity index (χ4n) is 1.74. The summed E-state index contributed by atoms with van der Waals surface area (Å²) in [5, 5.41) is 6.75. The molecule has 0 saturated carbocycles. The van der Waals surface area contributed by atoms with Gasteiger partial charge in [0.2, 0.25) is 5.88 Å². The monoisotopic (exact) mass is 311 g/mol. The van der Waals surface area contributed by atoms with Gasteiger partial charge in [0.1, 0.15) is 11.4 Å². The molecule has 5 nitrogen and oxygen atoms in total. The lowest BCUT2D eigenvalue weighted by atomic mass is 10.2. The van der Waals surface area contributed by atoms with E-state index in [1.807, 2.05) is 13.8 Å². The molecule has 0 aliphatic carbocycles. The van der Waals surface area contributed by atoms with E-state index < -0.39 is 5.82 Å². The molecule has 7 heteroatoms. The summed E-state index contributed by atoms with van der Waals surface area (Å²) in [5.41, 5.74) is 0.720. The van der Waals surface area contributed by atoms with Crippen molar-refractivity contribution in [2.45, 2.75) is 20.4 Å². The van der Waals surface area contributed by atoms with E-state index in [1.54, 1.807) is 10.9 Å². The van der Waals surface area contributed by atoms with Gasteiger partial charge in [-0.1, -0.05) is 11.6 Å². The fraction of sp³-hybridized carbons (Fsp3) is 0.286. The number of hydrogen-bond donors (Lipinski definition) is 1. The lowest BCUT2D eigenvalue weighted by Gasteiger charge is -2.06. The van der Waals surface area contributed by atoms with Crippen molar-refractivity contribution in [3.8, 4) is 5.88 Å². The first-order valence-corrected chi connectivity index (χ1v) is 6.89. The first kappa shape index (κ1) is 15.3. The topological polar surface area (TPSA) is 56.2 Å². The highest BCUT2D eigenvalue weighted by Gasteiger charge is 2.17. The third-order valence-corrected chi connectivity index (χ3v) is 3.04. The Morgan fingerprint density at radius 2 is 2.24 bits per heavy atom. The van der Waals surface area contributed by atoms with Gasteiger partial charge >= 0.3 is 0 Å². The number of anilines is 1. The summed E-state index contributed by atoms with van der Waals surface area (Å²) in [6.45, 7) is 4.75. The summed E-state index contributed by atoms with van der Waals surface area (Å²) in [7, 11) is 0. The number of nitrogens with zero attached hydrogens (tertiary/aromatic N) is 2. The maximum absolute atomic E-state index is 13.1. The lowest BCUT2D eigenvalue weighted by molar-refractivity contribution is 0.102. The number of hydrogen-bond acceptors (Lipinski definition) is 3. The van der Waals surface area contributed by atoms with E-state index >= 15 is 0 Å². The van der Waals surface area contributed by atoms with E-state index in [9.17, 15) is 9.18 Å². The van der Waals surface area contributed by atoms with E-state index in [0.29, 0.717) is 24.4 Å². The number of amides is 1. The number of carbonyl (C=O) groups is 1. The Labute approximate surface area is 126 Å². The van der Waals surface area contributed by atoms with Crippen LogP contribution < -0.4 is 10.1 Å². The number of rotatable bonds is 5. The molecule has 0 radical (unpaired) electrons. The molecule has 1 N–H and O–H groups in total. The highest BCUT2D eigenvalue weighted by Crippen LogP contribution is 2.22. The SMILES string of the molecule is CCOc1nn(CC)cc1C(=O)Nc1ccc(F)c(Cl)c1. The van der Waals surface area contributed by atoms with E-state index in [1.165, 1.54) is 18.2 Å². The van der Waals surface area contributed by atoms with E-state index in [-0.39, 0.29) is 16.8 Å². The molecule has 21 heavy (non-hydrogen) atoms. The maximum atomic E-state index is 13.1. The Kier molecular flexibility index (Phi) is 4.80. The summed E-state index contributed by atoms with van der Waals surface area (Å²) in [5.74, 6) is -0.658. The van der Waals surface area contributed by atoms with E-state index in [4.69, 9.17) is 16.3 Å². The largest absolute Gasteiger partial charge is 0.476 e. The molecule has 1 amide bonds. The number of ether oxygens (including phenoxy) is 1. The average Bonchev–Trinajstić information content (AvgIpc) is 2.87. The summed E-state index contributed by atoms with van der Waals surface area (Å²) in [4.78, 5) is 12.3. The van der Waals surface area contributed by atoms with Gasteiger partial charge in [-0.25, -0.2) is 4.39 Å². The van der Waals surface area contributed by atoms with Crippen LogP contribution in [0.25, 0.3) is 0 Å². The Morgan fingerprint density at radius 1 is 1.48 bits per heavy atom. The maximum Gasteiger partial charge on any atom is 0.262 e. The lowest BCUT2D eigenvalue weighted by Crippen LogP contribution is -2.12. The first-order chi connectivity index (χ1) is 10.0. The first-order valence-electron chi connectivity index (χ1n) is 6.51. The van der Waals surface area contributed by atoms with Crippen molar-refractivity contribution in [2.75, 3.05) is 11.9 Å². The number of benzene rings is 1. The van der Waals surface area contributed by atoms with Crippen molar-refractivity contribution < 1.29 is 13.9 Å². The van der Waals surface area contributed by atoms with Crippen LogP contribution in [0.2, 0.25) is 5.02 Å². The van der Waals surface area contributed by atoms with E-state index in [2.05, 4.69) is 10.4 Å². The fourth-order valence-corrected chi connectivity index (χ4v) is 1.92. The van der Waals surface area contributed by atoms with Crippen LogP contribution in [0.3, 0.4) is 0 Å². The van der Waals surface area contributed by atoms with Crippen molar-refractivity contribution in [1.29, 1.82) is 0 Å². The molecular formula is C14H15ClFN3O2. The Bertz CT molecular complexity index is 658. The van der Waals surface area contributed by atoms with Gasteiger partial charge < -0.3 is 10.1 Å². The summed E-state index contributed by atoms with van der Waals surface area (Å²) in [6, 6.07) is 3.97. The quantitative estimate of drug-likeness (QED) is 0.921. The summed E-state index contributed by atoms with van der Waals surface area (Å²) in [6.07, 6.45) is 1.60. The molecule has 1 heterocycles. The molecule has 0 aliphatic heterocycles. The van der Waals surface area contributed by atoms with Crippen molar-refractivity contribution >= 4 is 23.2 Å². The Balaban J connectivity index is 2.22. The zero-order chi connectivity index (χ0) is 15.4. The minimum atomic E-state index is -0.538. The molecule has 112 valence electrons. The third kappa shape index (κ3) is 3.52. The Hall–Kier alpha value is -2.08. The number of nitrogens with one attached hydrogen (secondary N) is 1. The van der Waals surface area contributed by atoms with Crippen LogP contribution in [0.5, 0.6) is 5.88 Å². The predicted molar refractivity (Wildman–Crippen MR) is 78.4 cm³/mol. The van der Waals surface area contributed by atoms with Crippen LogP contribution in [0.4, 0.5) is 10.1 Å². The highest BCUT2D eigenvalue weighted by atomic mass is 35.5. The summed E-state index contributed by atoms with van der Waals surface area (Å²) >= 11 is 5.68. The minimum Gasteiger partial charge on any atom is -0.476 e. The molecule has 1 aromatic heterocycles. The standard InChI is InChI=1S/C14H15ClFN3O2/c1-3-19-8-10(14(18-19)21-4-2)13(20)17-9-5-6-12(16)11(15)7-9/h5-8H,3-4H2,1-2H3,(H,17,20). The van der Waals surface area contributed by atoms with Gasteiger partial charge in [0.25, 0.3) is 5.91 Å². The van der Waals surface area contributed by atoms with Crippen LogP contribution in [-0.4, -0.2) is 22.3 Å². The predicted octanol–water partition coefficient (Wildman–Crippen LogP) is 3.35. The molecule has 0 fully saturated rings. The van der Waals surface area contributed by atoms with Crippen LogP contribution >= 0.6 is 11.6 Å². The molecule has 2 aromatic rings. The molecule has 1 aromatic carbocycles. The molecule has 0 spiro atoms. The molecule has 0 unspecified atom stereocenters. The molecular weight excluding hydrogens is 297 g/mol. The van der Waals surface area contributed by atoms with Gasteiger partial charge in [-0.15, -0.1) is 5.10 Å². The van der Waals surface area contributed by atoms with Gasteiger partial charge in [0.05, 0.1) is 11.6 Å². The number of halogens is 2. The molecule has 0 aliphatic rings. The van der Waals surface area contributed by atoms with Crippen LogP contribution in [-0.2, 0) is 6.54 Å². The normalized spacial score (nSPS) is 10.5. The van der Waals surface area contributed by atoms with Gasteiger partial charge in [-0.05, 0) is 32.0 Å². The van der Waals surface area contributed by atoms with Gasteiger partial charge in [0.15, 0.2) is 0 Å². The highest BCUT2D eigenvalue weighted by molar-refractivity contribution is 6.31. The second kappa shape index (κ2) is 6.58. The zero-order valence-electron chi connectivity index (χ0n) is 11.7. The Morgan fingerprint density at radius 3 is 2.86 bits per heavy atom. The zero-order valence-corrected chi connectivity index (χ0v) is 12.4. The van der Waals surface area contributed by atoms with Crippen molar-refractivity contribution in [3.63, 3.8) is 0 Å². The van der Waals surface area contributed by atoms with Gasteiger partial charge in [-0.2, -0.15) is 0 Å². The number of aromatic nitrogens is 2. The number of aryl methyl sites for hydroxylation is 1. The van der Waals surface area contributed by atoms with Crippen LogP contribution in [0.15, 0.2) is 24.4 Å². The second-order valence-corrected chi connectivity index (χ2v) is 4.63. The summed E-state index contributed by atoms with van der Waals surface area (Å²) < 4.78 is 20.0. The molecule has 0 saturated heterocycles. The van der Waals surface area contributed by atoms with Crippen LogP contribution in [0.1, 0.15) is 24.2 Å². The second-order valence-electron chi connectivity index (χ2n) is 4.22. The van der Waals surface area contributed by atoms with Crippen molar-refractivity contribution in [2.24, 2.45) is 0 Å². The van der Waals surface area contributed by atoms with Gasteiger partial charge in [-0.3, -0.25) is 9.48 Å². The molecule has 0 bridgehead atoms. The molecule has 0 atom stereocenters. The smallest absolute Gasteiger partial charge is 0.262 e. The van der Waals surface area contributed by atoms with Gasteiger partial charge in [0, 0.05) is 18.4 Å². The third-order valence-electron chi connectivity index (χ3n) is 2.75. The van der Waals surface area contributed by atoms with Crippen molar-refractivity contribution in [1.82, 2.24) is 9.78 Å². The van der Waals surface area contributed by atoms with Crippen LogP contribution in [0, 0.1) is 5.82 Å².